The van der Waals surface area contributed by atoms with Gasteiger partial charge in [-0.2, -0.15) is 5.10 Å². The topological polar surface area (TPSA) is 30.2 Å². The van der Waals surface area contributed by atoms with Crippen LogP contribution in [0.15, 0.2) is 41.3 Å². The Labute approximate surface area is 80.4 Å². The fourth-order valence-electron chi connectivity index (χ4n) is 1.01. The van der Waals surface area contributed by atoms with Crippen LogP contribution in [-0.2, 0) is 0 Å². The summed E-state index contributed by atoms with van der Waals surface area (Å²) in [4.78, 5) is 5.11. The van der Waals surface area contributed by atoms with Gasteiger partial charge in [0.2, 0.25) is 0 Å². The third-order valence-electron chi connectivity index (χ3n) is 1.64. The van der Waals surface area contributed by atoms with E-state index in [0.29, 0.717) is 0 Å². The van der Waals surface area contributed by atoms with Crippen LogP contribution in [0, 0.1) is 0 Å². The zero-order chi connectivity index (χ0) is 9.10. The van der Waals surface area contributed by atoms with Gasteiger partial charge in [-0.3, -0.25) is 4.98 Å². The van der Waals surface area contributed by atoms with Crippen molar-refractivity contribution < 1.29 is 0 Å². The SMILES string of the molecule is C/C(=N/n1cccc1)c1cncs1. The molecule has 0 fully saturated rings. The predicted molar refractivity (Wildman–Crippen MR) is 54.2 cm³/mol. The zero-order valence-corrected chi connectivity index (χ0v) is 8.03. The largest absolute Gasteiger partial charge is 0.252 e. The summed E-state index contributed by atoms with van der Waals surface area (Å²) >= 11 is 1.60. The van der Waals surface area contributed by atoms with Crippen LogP contribution in [0.1, 0.15) is 11.8 Å². The molecule has 0 aliphatic carbocycles. The first-order valence-corrected chi connectivity index (χ1v) is 4.81. The van der Waals surface area contributed by atoms with Gasteiger partial charge in [-0.15, -0.1) is 11.3 Å². The molecule has 3 nitrogen and oxygen atoms in total. The van der Waals surface area contributed by atoms with Crippen molar-refractivity contribution in [3.63, 3.8) is 0 Å². The second-order valence-corrected chi connectivity index (χ2v) is 3.50. The maximum atomic E-state index is 4.37. The standard InChI is InChI=1S/C9H9N3S/c1-8(9-6-10-7-13-9)11-12-4-2-3-5-12/h2-7H,1H3/b11-8-. The molecule has 66 valence electrons. The Bertz CT molecular complexity index is 386. The third kappa shape index (κ3) is 1.84. The van der Waals surface area contributed by atoms with E-state index in [2.05, 4.69) is 10.1 Å². The normalized spacial score (nSPS) is 11.9. The Hall–Kier alpha value is -1.42. The van der Waals surface area contributed by atoms with E-state index < -0.39 is 0 Å². The minimum atomic E-state index is 0.985. The maximum absolute atomic E-state index is 4.37. The van der Waals surface area contributed by atoms with Gasteiger partial charge in [-0.05, 0) is 19.1 Å². The van der Waals surface area contributed by atoms with Crippen molar-refractivity contribution in [1.29, 1.82) is 0 Å². The molecule has 2 aromatic heterocycles. The van der Waals surface area contributed by atoms with E-state index in [4.69, 9.17) is 0 Å². The van der Waals surface area contributed by atoms with E-state index in [1.54, 1.807) is 16.0 Å². The zero-order valence-electron chi connectivity index (χ0n) is 7.21. The lowest BCUT2D eigenvalue weighted by molar-refractivity contribution is 0.887. The van der Waals surface area contributed by atoms with Gasteiger partial charge in [0.05, 0.1) is 16.1 Å². The van der Waals surface area contributed by atoms with Crippen LogP contribution >= 0.6 is 11.3 Å². The lowest BCUT2D eigenvalue weighted by Gasteiger charge is -1.95. The fourth-order valence-corrected chi connectivity index (χ4v) is 1.58. The molecule has 0 saturated heterocycles. The van der Waals surface area contributed by atoms with Crippen molar-refractivity contribution in [2.75, 3.05) is 0 Å². The Kier molecular flexibility index (Phi) is 2.23. The highest BCUT2D eigenvalue weighted by Crippen LogP contribution is 2.07. The number of nitrogens with zero attached hydrogens (tertiary/aromatic N) is 3. The highest BCUT2D eigenvalue weighted by Gasteiger charge is 1.97. The Balaban J connectivity index is 2.27. The highest BCUT2D eigenvalue weighted by molar-refractivity contribution is 7.11. The first-order chi connectivity index (χ1) is 6.36. The van der Waals surface area contributed by atoms with Crippen LogP contribution in [0.2, 0.25) is 0 Å². The summed E-state index contributed by atoms with van der Waals surface area (Å²) in [5, 5.41) is 4.37. The van der Waals surface area contributed by atoms with E-state index >= 15 is 0 Å². The number of hydrogen-bond acceptors (Lipinski definition) is 3. The smallest absolute Gasteiger partial charge is 0.0798 e. The van der Waals surface area contributed by atoms with Crippen molar-refractivity contribution in [2.45, 2.75) is 6.92 Å². The van der Waals surface area contributed by atoms with Gasteiger partial charge in [0.1, 0.15) is 0 Å². The van der Waals surface area contributed by atoms with Gasteiger partial charge in [0, 0.05) is 18.6 Å². The molecular formula is C9H9N3S. The van der Waals surface area contributed by atoms with Gasteiger partial charge in [-0.25, -0.2) is 4.68 Å². The van der Waals surface area contributed by atoms with Crippen molar-refractivity contribution >= 4 is 17.0 Å². The van der Waals surface area contributed by atoms with Gasteiger partial charge in [0.15, 0.2) is 0 Å². The number of aromatic nitrogens is 2. The monoisotopic (exact) mass is 191 g/mol. The molecule has 2 aromatic rings. The van der Waals surface area contributed by atoms with Gasteiger partial charge < -0.3 is 0 Å². The molecule has 0 radical (unpaired) electrons. The molecule has 2 rings (SSSR count). The van der Waals surface area contributed by atoms with Crippen LogP contribution in [0.3, 0.4) is 0 Å². The van der Waals surface area contributed by atoms with E-state index in [1.807, 2.05) is 43.2 Å². The molecule has 0 aromatic carbocycles. The molecule has 0 bridgehead atoms. The van der Waals surface area contributed by atoms with Gasteiger partial charge >= 0.3 is 0 Å². The minimum Gasteiger partial charge on any atom is -0.252 e. The van der Waals surface area contributed by atoms with E-state index in [0.717, 1.165) is 10.6 Å². The molecule has 4 heteroatoms. The van der Waals surface area contributed by atoms with Crippen LogP contribution in [0.25, 0.3) is 0 Å². The summed E-state index contributed by atoms with van der Waals surface area (Å²) < 4.78 is 1.79. The summed E-state index contributed by atoms with van der Waals surface area (Å²) in [7, 11) is 0. The lowest BCUT2D eigenvalue weighted by Crippen LogP contribution is -1.94. The van der Waals surface area contributed by atoms with Crippen molar-refractivity contribution in [3.8, 4) is 0 Å². The average Bonchev–Trinajstić information content (AvgIpc) is 2.74. The summed E-state index contributed by atoms with van der Waals surface area (Å²) in [6, 6.07) is 3.90. The summed E-state index contributed by atoms with van der Waals surface area (Å²) in [5.74, 6) is 0. The Morgan fingerprint density at radius 3 is 2.85 bits per heavy atom. The van der Waals surface area contributed by atoms with E-state index in [9.17, 15) is 0 Å². The Morgan fingerprint density at radius 1 is 1.46 bits per heavy atom. The van der Waals surface area contributed by atoms with Crippen LogP contribution in [0.5, 0.6) is 0 Å². The van der Waals surface area contributed by atoms with E-state index in [-0.39, 0.29) is 0 Å². The molecule has 0 N–H and O–H groups in total. The predicted octanol–water partition coefficient (Wildman–Crippen LogP) is 2.22. The number of rotatable bonds is 2. The fraction of sp³-hybridized carbons (Fsp3) is 0.111. The first-order valence-electron chi connectivity index (χ1n) is 3.93. The third-order valence-corrected chi connectivity index (χ3v) is 2.52. The first kappa shape index (κ1) is 8.19. The van der Waals surface area contributed by atoms with E-state index in [1.165, 1.54) is 0 Å². The quantitative estimate of drug-likeness (QED) is 0.669. The second-order valence-electron chi connectivity index (χ2n) is 2.61. The lowest BCUT2D eigenvalue weighted by atomic mass is 10.4. The van der Waals surface area contributed by atoms with Crippen LogP contribution < -0.4 is 0 Å². The number of hydrogen-bond donors (Lipinski definition) is 0. The molecule has 0 spiro atoms. The summed E-state index contributed by atoms with van der Waals surface area (Å²) in [6.45, 7) is 1.98. The van der Waals surface area contributed by atoms with Gasteiger partial charge in [-0.1, -0.05) is 0 Å². The van der Waals surface area contributed by atoms with Crippen molar-refractivity contribution in [3.05, 3.63) is 41.1 Å². The maximum Gasteiger partial charge on any atom is 0.0798 e. The molecule has 13 heavy (non-hydrogen) atoms. The molecule has 0 aliphatic heterocycles. The van der Waals surface area contributed by atoms with Crippen LogP contribution in [0.4, 0.5) is 0 Å². The van der Waals surface area contributed by atoms with Gasteiger partial charge in [0.25, 0.3) is 0 Å². The summed E-state index contributed by atoms with van der Waals surface area (Å²) in [6.07, 6.45) is 5.64. The second kappa shape index (κ2) is 3.53. The van der Waals surface area contributed by atoms with Crippen molar-refractivity contribution in [2.24, 2.45) is 5.10 Å². The molecule has 0 amide bonds. The molecule has 0 unspecified atom stereocenters. The number of thiazole rings is 1. The molecule has 0 aliphatic rings. The molecule has 2 heterocycles. The molecular weight excluding hydrogens is 182 g/mol. The van der Waals surface area contributed by atoms with Crippen LogP contribution in [-0.4, -0.2) is 15.4 Å². The summed E-state index contributed by atoms with van der Waals surface area (Å²) in [5.41, 5.74) is 2.79. The average molecular weight is 191 g/mol. The van der Waals surface area contributed by atoms with Crippen molar-refractivity contribution in [1.82, 2.24) is 9.66 Å². The minimum absolute atomic E-state index is 0.985. The highest BCUT2D eigenvalue weighted by atomic mass is 32.1. The molecule has 0 saturated carbocycles. The Morgan fingerprint density at radius 2 is 2.23 bits per heavy atom. The molecule has 0 atom stereocenters.